The maximum atomic E-state index is 12.1. The average Bonchev–Trinajstić information content (AvgIpc) is 2.27. The number of rotatable bonds is 3. The first-order valence-electron chi connectivity index (χ1n) is 5.68. The fourth-order valence-corrected chi connectivity index (χ4v) is 1.84. The molecule has 1 saturated heterocycles. The van der Waals surface area contributed by atoms with Crippen molar-refractivity contribution in [1.29, 1.82) is 0 Å². The van der Waals surface area contributed by atoms with E-state index in [-0.39, 0.29) is 35.8 Å². The molecule has 3 atom stereocenters. The number of carbonyl (C=O) groups is 1. The van der Waals surface area contributed by atoms with Crippen molar-refractivity contribution in [2.75, 3.05) is 19.8 Å². The summed E-state index contributed by atoms with van der Waals surface area (Å²) < 4.78 is 5.39. The van der Waals surface area contributed by atoms with Crippen LogP contribution in [0.3, 0.4) is 0 Å². The molecule has 94 valence electrons. The maximum Gasteiger partial charge on any atom is 0.236 e. The van der Waals surface area contributed by atoms with Gasteiger partial charge in [0.2, 0.25) is 5.91 Å². The molecule has 5 heteroatoms. The second kappa shape index (κ2) is 5.89. The fourth-order valence-electron chi connectivity index (χ4n) is 1.69. The standard InChI is InChI=1S/C11H21NO3S/c1-7(2)10(16)11(14)12-4-9(5-13)15-6-8(12)3/h7-10,13,16H,4-6H2,1-3H3. The van der Waals surface area contributed by atoms with Crippen LogP contribution in [0, 0.1) is 5.92 Å². The minimum atomic E-state index is -0.278. The Bertz CT molecular complexity index is 247. The highest BCUT2D eigenvalue weighted by Gasteiger charge is 2.32. The molecule has 1 amide bonds. The van der Waals surface area contributed by atoms with Crippen LogP contribution in [-0.2, 0) is 9.53 Å². The number of thiol groups is 1. The van der Waals surface area contributed by atoms with Gasteiger partial charge in [0.05, 0.1) is 30.6 Å². The van der Waals surface area contributed by atoms with Crippen molar-refractivity contribution in [2.45, 2.75) is 38.2 Å². The lowest BCUT2D eigenvalue weighted by Crippen LogP contribution is -2.54. The number of ether oxygens (including phenoxy) is 1. The van der Waals surface area contributed by atoms with Crippen molar-refractivity contribution in [1.82, 2.24) is 4.90 Å². The van der Waals surface area contributed by atoms with Crippen LogP contribution < -0.4 is 0 Å². The Hall–Kier alpha value is -0.260. The minimum absolute atomic E-state index is 0.0348. The fraction of sp³-hybridized carbons (Fsp3) is 0.909. The monoisotopic (exact) mass is 247 g/mol. The third kappa shape index (κ3) is 3.12. The van der Waals surface area contributed by atoms with E-state index in [1.165, 1.54) is 0 Å². The van der Waals surface area contributed by atoms with Gasteiger partial charge in [-0.2, -0.15) is 12.6 Å². The summed E-state index contributed by atoms with van der Waals surface area (Å²) in [6.07, 6.45) is -0.257. The Balaban J connectivity index is 2.65. The lowest BCUT2D eigenvalue weighted by molar-refractivity contribution is -0.146. The Morgan fingerprint density at radius 1 is 1.62 bits per heavy atom. The predicted molar refractivity (Wildman–Crippen MR) is 65.6 cm³/mol. The van der Waals surface area contributed by atoms with Crippen LogP contribution in [0.15, 0.2) is 0 Å². The van der Waals surface area contributed by atoms with Crippen LogP contribution >= 0.6 is 12.6 Å². The summed E-state index contributed by atoms with van der Waals surface area (Å²) in [5, 5.41) is 8.76. The summed E-state index contributed by atoms with van der Waals surface area (Å²) in [6, 6.07) is 0.0590. The molecule has 0 aliphatic carbocycles. The Morgan fingerprint density at radius 3 is 2.75 bits per heavy atom. The number of aliphatic hydroxyl groups is 1. The summed E-state index contributed by atoms with van der Waals surface area (Å²) in [5.74, 6) is 0.242. The molecule has 1 fully saturated rings. The highest BCUT2D eigenvalue weighted by molar-refractivity contribution is 7.81. The number of nitrogens with zero attached hydrogens (tertiary/aromatic N) is 1. The minimum Gasteiger partial charge on any atom is -0.394 e. The maximum absolute atomic E-state index is 12.1. The third-order valence-corrected chi connectivity index (χ3v) is 3.69. The summed E-state index contributed by atoms with van der Waals surface area (Å²) in [7, 11) is 0. The molecule has 1 N–H and O–H groups in total. The highest BCUT2D eigenvalue weighted by Crippen LogP contribution is 2.18. The number of carbonyl (C=O) groups excluding carboxylic acids is 1. The van der Waals surface area contributed by atoms with Crippen molar-refractivity contribution in [3.05, 3.63) is 0 Å². The number of amides is 1. The Morgan fingerprint density at radius 2 is 2.25 bits per heavy atom. The van der Waals surface area contributed by atoms with E-state index in [2.05, 4.69) is 12.6 Å². The van der Waals surface area contributed by atoms with Gasteiger partial charge in [-0.1, -0.05) is 13.8 Å². The van der Waals surface area contributed by atoms with Crippen molar-refractivity contribution < 1.29 is 14.6 Å². The molecule has 0 spiro atoms. The zero-order valence-electron chi connectivity index (χ0n) is 10.1. The van der Waals surface area contributed by atoms with E-state index >= 15 is 0 Å². The predicted octanol–water partition coefficient (Wildman–Crippen LogP) is 0.549. The van der Waals surface area contributed by atoms with E-state index in [1.54, 1.807) is 4.90 Å². The van der Waals surface area contributed by atoms with Crippen LogP contribution in [0.4, 0.5) is 0 Å². The van der Waals surface area contributed by atoms with Crippen molar-refractivity contribution in [3.63, 3.8) is 0 Å². The summed E-state index contributed by atoms with van der Waals surface area (Å²) >= 11 is 4.33. The van der Waals surface area contributed by atoms with Crippen molar-refractivity contribution >= 4 is 18.5 Å². The van der Waals surface area contributed by atoms with Crippen molar-refractivity contribution in [2.24, 2.45) is 5.92 Å². The first kappa shape index (κ1) is 13.8. The molecule has 0 aromatic rings. The molecule has 0 saturated carbocycles. The molecule has 3 unspecified atom stereocenters. The second-order valence-corrected chi connectivity index (χ2v) is 5.22. The molecule has 0 aromatic carbocycles. The molecule has 4 nitrogen and oxygen atoms in total. The van der Waals surface area contributed by atoms with Gasteiger partial charge in [-0.25, -0.2) is 0 Å². The van der Waals surface area contributed by atoms with Crippen LogP contribution in [0.1, 0.15) is 20.8 Å². The number of hydrogen-bond acceptors (Lipinski definition) is 4. The number of aliphatic hydroxyl groups excluding tert-OH is 1. The smallest absolute Gasteiger partial charge is 0.236 e. The first-order valence-corrected chi connectivity index (χ1v) is 6.20. The van der Waals surface area contributed by atoms with Gasteiger partial charge in [0.15, 0.2) is 0 Å². The van der Waals surface area contributed by atoms with E-state index < -0.39 is 0 Å². The molecule has 0 bridgehead atoms. The largest absolute Gasteiger partial charge is 0.394 e. The molecular weight excluding hydrogens is 226 g/mol. The average molecular weight is 247 g/mol. The van der Waals surface area contributed by atoms with Gasteiger partial charge < -0.3 is 14.7 Å². The lowest BCUT2D eigenvalue weighted by atomic mass is 10.1. The van der Waals surface area contributed by atoms with E-state index in [0.717, 1.165) is 0 Å². The van der Waals surface area contributed by atoms with Gasteiger partial charge in [-0.15, -0.1) is 0 Å². The van der Waals surface area contributed by atoms with Gasteiger partial charge in [0.25, 0.3) is 0 Å². The molecule has 1 rings (SSSR count). The van der Waals surface area contributed by atoms with Gasteiger partial charge in [0, 0.05) is 6.54 Å². The van der Waals surface area contributed by atoms with Gasteiger partial charge in [-0.05, 0) is 12.8 Å². The topological polar surface area (TPSA) is 49.8 Å². The molecule has 1 aliphatic rings. The van der Waals surface area contributed by atoms with E-state index in [1.807, 2.05) is 20.8 Å². The molecular formula is C11H21NO3S. The highest BCUT2D eigenvalue weighted by atomic mass is 32.1. The normalized spacial score (nSPS) is 28.2. The third-order valence-electron chi connectivity index (χ3n) is 2.88. The zero-order valence-corrected chi connectivity index (χ0v) is 11.0. The van der Waals surface area contributed by atoms with Gasteiger partial charge >= 0.3 is 0 Å². The first-order chi connectivity index (χ1) is 7.47. The number of hydrogen-bond donors (Lipinski definition) is 2. The quantitative estimate of drug-likeness (QED) is 0.716. The Labute approximate surface area is 102 Å². The van der Waals surface area contributed by atoms with Crippen LogP contribution in [0.5, 0.6) is 0 Å². The van der Waals surface area contributed by atoms with E-state index in [4.69, 9.17) is 9.84 Å². The summed E-state index contributed by atoms with van der Waals surface area (Å²) in [6.45, 7) is 6.80. The summed E-state index contributed by atoms with van der Waals surface area (Å²) in [5.41, 5.74) is 0. The molecule has 1 heterocycles. The molecule has 0 aromatic heterocycles. The van der Waals surface area contributed by atoms with Crippen LogP contribution in [0.25, 0.3) is 0 Å². The molecule has 16 heavy (non-hydrogen) atoms. The lowest BCUT2D eigenvalue weighted by Gasteiger charge is -2.39. The second-order valence-electron chi connectivity index (χ2n) is 4.67. The summed E-state index contributed by atoms with van der Waals surface area (Å²) in [4.78, 5) is 13.9. The van der Waals surface area contributed by atoms with Crippen molar-refractivity contribution in [3.8, 4) is 0 Å². The SMILES string of the molecule is CC(C)C(S)C(=O)N1CC(CO)OCC1C. The van der Waals surface area contributed by atoms with Gasteiger partial charge in [0.1, 0.15) is 0 Å². The molecule has 1 aliphatic heterocycles. The van der Waals surface area contributed by atoms with Gasteiger partial charge in [-0.3, -0.25) is 4.79 Å². The van der Waals surface area contributed by atoms with Crippen LogP contribution in [0.2, 0.25) is 0 Å². The molecule has 0 radical (unpaired) electrons. The Kier molecular flexibility index (Phi) is 5.08. The van der Waals surface area contributed by atoms with E-state index in [0.29, 0.717) is 13.2 Å². The number of morpholine rings is 1. The van der Waals surface area contributed by atoms with Crippen LogP contribution in [-0.4, -0.2) is 53.1 Å². The van der Waals surface area contributed by atoms with E-state index in [9.17, 15) is 4.79 Å². The zero-order chi connectivity index (χ0) is 12.3.